The molecule has 0 saturated heterocycles. The summed E-state index contributed by atoms with van der Waals surface area (Å²) in [4.78, 5) is 26.6. The molecule has 1 atom stereocenters. The van der Waals surface area contributed by atoms with Gasteiger partial charge in [0.1, 0.15) is 5.56 Å². The number of hydrogen-bond acceptors (Lipinski definition) is 2. The van der Waals surface area contributed by atoms with Gasteiger partial charge in [0.05, 0.1) is 0 Å². The van der Waals surface area contributed by atoms with Crippen molar-refractivity contribution in [3.63, 3.8) is 0 Å². The first kappa shape index (κ1) is 15.2. The van der Waals surface area contributed by atoms with Crippen LogP contribution in [0.1, 0.15) is 49.7 Å². The quantitative estimate of drug-likeness (QED) is 0.791. The van der Waals surface area contributed by atoms with Crippen molar-refractivity contribution in [1.82, 2.24) is 10.3 Å². The van der Waals surface area contributed by atoms with E-state index < -0.39 is 0 Å². The molecule has 0 bridgehead atoms. The van der Waals surface area contributed by atoms with E-state index >= 15 is 0 Å². The van der Waals surface area contributed by atoms with E-state index in [2.05, 4.69) is 39.8 Å². The second kappa shape index (κ2) is 6.92. The lowest BCUT2D eigenvalue weighted by Gasteiger charge is -2.11. The molecule has 0 aliphatic carbocycles. The third kappa shape index (κ3) is 3.83. The smallest absolute Gasteiger partial charge is 0.261 e. The summed E-state index contributed by atoms with van der Waals surface area (Å²) in [5.74, 6) is -0.299. The number of amides is 1. The average molecular weight is 362 g/mol. The molecule has 2 N–H and O–H groups in total. The largest absolute Gasteiger partial charge is 0.349 e. The van der Waals surface area contributed by atoms with Gasteiger partial charge in [-0.05, 0) is 48.4 Å². The van der Waals surface area contributed by atoms with Crippen LogP contribution in [0, 0.1) is 3.57 Å². The molecule has 0 unspecified atom stereocenters. The number of carbonyl (C=O) groups excluding carboxylic acids is 1. The van der Waals surface area contributed by atoms with Crippen LogP contribution in [0.2, 0.25) is 0 Å². The molecule has 0 spiro atoms. The topological polar surface area (TPSA) is 62.0 Å². The van der Waals surface area contributed by atoms with Crippen molar-refractivity contribution in [3.05, 3.63) is 31.2 Å². The van der Waals surface area contributed by atoms with E-state index in [4.69, 9.17) is 0 Å². The summed E-state index contributed by atoms with van der Waals surface area (Å²) in [7, 11) is 0. The number of H-pyrrole nitrogens is 1. The van der Waals surface area contributed by atoms with Gasteiger partial charge in [-0.15, -0.1) is 0 Å². The minimum atomic E-state index is -0.306. The molecule has 1 amide bonds. The van der Waals surface area contributed by atoms with Crippen molar-refractivity contribution in [2.75, 3.05) is 0 Å². The lowest BCUT2D eigenvalue weighted by molar-refractivity contribution is 0.0937. The summed E-state index contributed by atoms with van der Waals surface area (Å²) in [6, 6.07) is 1.74. The molecule has 0 aromatic carbocycles. The number of hydrogen-bond donors (Lipinski definition) is 2. The van der Waals surface area contributed by atoms with Crippen LogP contribution in [0.15, 0.2) is 10.9 Å². The van der Waals surface area contributed by atoms with Gasteiger partial charge in [0, 0.05) is 15.3 Å². The van der Waals surface area contributed by atoms with E-state index in [0.29, 0.717) is 0 Å². The molecule has 18 heavy (non-hydrogen) atoms. The summed E-state index contributed by atoms with van der Waals surface area (Å²) in [6.07, 6.45) is 2.62. The van der Waals surface area contributed by atoms with E-state index in [1.165, 1.54) is 0 Å². The third-order valence-electron chi connectivity index (χ3n) is 2.80. The van der Waals surface area contributed by atoms with Gasteiger partial charge in [-0.2, -0.15) is 0 Å². The molecule has 100 valence electrons. The van der Waals surface area contributed by atoms with Crippen molar-refractivity contribution in [3.8, 4) is 0 Å². The Labute approximate surface area is 121 Å². The zero-order chi connectivity index (χ0) is 13.7. The molecule has 4 nitrogen and oxygen atoms in total. The first-order valence-electron chi connectivity index (χ1n) is 6.22. The normalized spacial score (nSPS) is 12.2. The van der Waals surface area contributed by atoms with Crippen LogP contribution < -0.4 is 10.9 Å². The lowest BCUT2D eigenvalue weighted by Crippen LogP contribution is -2.35. The second-order valence-corrected chi connectivity index (χ2v) is 5.53. The zero-order valence-corrected chi connectivity index (χ0v) is 13.1. The minimum absolute atomic E-state index is 0.0740. The number of pyridine rings is 1. The van der Waals surface area contributed by atoms with Crippen LogP contribution >= 0.6 is 22.6 Å². The number of aryl methyl sites for hydroxylation is 1. The Kier molecular flexibility index (Phi) is 5.84. The van der Waals surface area contributed by atoms with Crippen LogP contribution in [-0.2, 0) is 6.42 Å². The molecular formula is C13H19IN2O2. The van der Waals surface area contributed by atoms with E-state index in [0.717, 1.165) is 28.5 Å². The monoisotopic (exact) mass is 362 g/mol. The second-order valence-electron chi connectivity index (χ2n) is 4.37. The Hall–Kier alpha value is -0.850. The van der Waals surface area contributed by atoms with Crippen LogP contribution in [0.25, 0.3) is 0 Å². The predicted molar refractivity (Wildman–Crippen MR) is 81.0 cm³/mol. The average Bonchev–Trinajstić information content (AvgIpc) is 2.33. The number of aromatic nitrogens is 1. The Morgan fingerprint density at radius 1 is 1.50 bits per heavy atom. The van der Waals surface area contributed by atoms with Gasteiger partial charge < -0.3 is 10.3 Å². The summed E-state index contributed by atoms with van der Waals surface area (Å²) < 4.78 is 0.934. The van der Waals surface area contributed by atoms with E-state index in [9.17, 15) is 9.59 Å². The first-order chi connectivity index (χ1) is 8.49. The predicted octanol–water partition coefficient (Wildman–Crippen LogP) is 2.46. The Bertz CT molecular complexity index is 482. The maximum Gasteiger partial charge on any atom is 0.261 e. The maximum atomic E-state index is 11.9. The minimum Gasteiger partial charge on any atom is -0.349 e. The molecule has 1 heterocycles. The van der Waals surface area contributed by atoms with Gasteiger partial charge in [0.2, 0.25) is 0 Å². The highest BCUT2D eigenvalue weighted by Crippen LogP contribution is 2.11. The van der Waals surface area contributed by atoms with Crippen LogP contribution in [0.4, 0.5) is 0 Å². The highest BCUT2D eigenvalue weighted by atomic mass is 127. The zero-order valence-electron chi connectivity index (χ0n) is 11.0. The van der Waals surface area contributed by atoms with E-state index in [-0.39, 0.29) is 23.1 Å². The molecule has 5 heteroatoms. The number of halogens is 1. The summed E-state index contributed by atoms with van der Waals surface area (Å²) in [5, 5.41) is 2.80. The lowest BCUT2D eigenvalue weighted by atomic mass is 10.1. The molecule has 1 aromatic rings. The van der Waals surface area contributed by atoms with Crippen molar-refractivity contribution in [2.24, 2.45) is 0 Å². The molecule has 0 radical (unpaired) electrons. The highest BCUT2D eigenvalue weighted by molar-refractivity contribution is 14.1. The first-order valence-corrected chi connectivity index (χ1v) is 7.30. The summed E-state index contributed by atoms with van der Waals surface area (Å²) >= 11 is 2.15. The van der Waals surface area contributed by atoms with Gasteiger partial charge in [-0.25, -0.2) is 0 Å². The van der Waals surface area contributed by atoms with Crippen molar-refractivity contribution in [1.29, 1.82) is 0 Å². The fourth-order valence-electron chi connectivity index (χ4n) is 1.55. The SMILES string of the molecule is CCCc1[nH]c(=O)c(C(=O)N[C@H](C)CC)cc1I. The van der Waals surface area contributed by atoms with Gasteiger partial charge in [-0.1, -0.05) is 20.3 Å². The van der Waals surface area contributed by atoms with Gasteiger partial charge >= 0.3 is 0 Å². The Balaban J connectivity index is 3.00. The molecule has 1 aromatic heterocycles. The Morgan fingerprint density at radius 3 is 2.72 bits per heavy atom. The third-order valence-corrected chi connectivity index (χ3v) is 3.77. The number of rotatable bonds is 5. The summed E-state index contributed by atoms with van der Waals surface area (Å²) in [5.41, 5.74) is 0.794. The number of aromatic amines is 1. The van der Waals surface area contributed by atoms with Gasteiger partial charge in [-0.3, -0.25) is 9.59 Å². The van der Waals surface area contributed by atoms with Crippen molar-refractivity contribution >= 4 is 28.5 Å². The Morgan fingerprint density at radius 2 is 2.17 bits per heavy atom. The molecule has 0 aliphatic rings. The molecule has 0 fully saturated rings. The number of carbonyl (C=O) groups is 1. The fraction of sp³-hybridized carbons (Fsp3) is 0.538. The van der Waals surface area contributed by atoms with Gasteiger partial charge in [0.15, 0.2) is 0 Å². The standard InChI is InChI=1S/C13H19IN2O2/c1-4-6-11-10(14)7-9(13(18)16-11)12(17)15-8(3)5-2/h7-8H,4-6H2,1-3H3,(H,15,17)(H,16,18)/t8-/m1/s1. The van der Waals surface area contributed by atoms with Crippen molar-refractivity contribution < 1.29 is 4.79 Å². The molecule has 1 rings (SSSR count). The fourth-order valence-corrected chi connectivity index (χ4v) is 2.26. The van der Waals surface area contributed by atoms with E-state index in [1.54, 1.807) is 6.07 Å². The van der Waals surface area contributed by atoms with Crippen LogP contribution in [0.3, 0.4) is 0 Å². The van der Waals surface area contributed by atoms with Crippen LogP contribution in [-0.4, -0.2) is 16.9 Å². The van der Waals surface area contributed by atoms with Crippen molar-refractivity contribution in [2.45, 2.75) is 46.1 Å². The molecule has 0 aliphatic heterocycles. The number of nitrogens with one attached hydrogen (secondary N) is 2. The molecular weight excluding hydrogens is 343 g/mol. The summed E-state index contributed by atoms with van der Waals surface area (Å²) in [6.45, 7) is 5.96. The maximum absolute atomic E-state index is 11.9. The van der Waals surface area contributed by atoms with Gasteiger partial charge in [0.25, 0.3) is 11.5 Å². The van der Waals surface area contributed by atoms with Crippen LogP contribution in [0.5, 0.6) is 0 Å². The highest BCUT2D eigenvalue weighted by Gasteiger charge is 2.14. The van der Waals surface area contributed by atoms with E-state index in [1.807, 2.05) is 13.8 Å². The molecule has 0 saturated carbocycles.